The molecule has 17 heavy (non-hydrogen) atoms. The van der Waals surface area contributed by atoms with E-state index < -0.39 is 15.9 Å². The molecular formula is C11H12N2O3S. The zero-order valence-corrected chi connectivity index (χ0v) is 9.96. The first-order chi connectivity index (χ1) is 8.08. The number of hydrogen-bond donors (Lipinski definition) is 1. The Balaban J connectivity index is 2.10. The molecule has 0 saturated carbocycles. The van der Waals surface area contributed by atoms with Gasteiger partial charge in [-0.25, -0.2) is 13.1 Å². The Labute approximate surface area is 99.5 Å². The van der Waals surface area contributed by atoms with Crippen molar-refractivity contribution in [3.05, 3.63) is 23.8 Å². The minimum Gasteiger partial charge on any atom is -0.371 e. The highest BCUT2D eigenvalue weighted by Gasteiger charge is 2.33. The van der Waals surface area contributed by atoms with E-state index in [-0.39, 0.29) is 10.5 Å². The Bertz CT molecular complexity index is 589. The number of anilines is 1. The van der Waals surface area contributed by atoms with E-state index in [0.29, 0.717) is 0 Å². The van der Waals surface area contributed by atoms with Gasteiger partial charge in [0.1, 0.15) is 4.90 Å². The van der Waals surface area contributed by atoms with E-state index in [4.69, 9.17) is 0 Å². The first-order valence-corrected chi connectivity index (χ1v) is 7.02. The van der Waals surface area contributed by atoms with Gasteiger partial charge in [0.2, 0.25) is 0 Å². The number of sulfonamides is 1. The zero-order valence-electron chi connectivity index (χ0n) is 9.14. The number of benzene rings is 1. The molecule has 1 saturated heterocycles. The van der Waals surface area contributed by atoms with Crippen LogP contribution in [0.15, 0.2) is 23.1 Å². The molecule has 1 N–H and O–H groups in total. The van der Waals surface area contributed by atoms with Crippen molar-refractivity contribution in [3.63, 3.8) is 0 Å². The minimum absolute atomic E-state index is 0.104. The smallest absolute Gasteiger partial charge is 0.266 e. The quantitative estimate of drug-likeness (QED) is 0.799. The molecule has 5 nitrogen and oxygen atoms in total. The van der Waals surface area contributed by atoms with Gasteiger partial charge in [-0.3, -0.25) is 4.79 Å². The van der Waals surface area contributed by atoms with Crippen LogP contribution in [-0.2, 0) is 10.0 Å². The van der Waals surface area contributed by atoms with Gasteiger partial charge in [-0.2, -0.15) is 0 Å². The lowest BCUT2D eigenvalue weighted by atomic mass is 10.2. The van der Waals surface area contributed by atoms with Gasteiger partial charge < -0.3 is 4.90 Å². The third-order valence-corrected chi connectivity index (χ3v) is 4.57. The van der Waals surface area contributed by atoms with Crippen LogP contribution in [0.3, 0.4) is 0 Å². The fourth-order valence-corrected chi connectivity index (χ4v) is 3.52. The van der Waals surface area contributed by atoms with E-state index in [1.165, 1.54) is 0 Å². The van der Waals surface area contributed by atoms with Crippen LogP contribution in [-0.4, -0.2) is 27.4 Å². The minimum atomic E-state index is -3.63. The lowest BCUT2D eigenvalue weighted by molar-refractivity contribution is 0.0985. The summed E-state index contributed by atoms with van der Waals surface area (Å²) in [5.74, 6) is -0.534. The van der Waals surface area contributed by atoms with Crippen LogP contribution in [0, 0.1) is 0 Å². The summed E-state index contributed by atoms with van der Waals surface area (Å²) in [5.41, 5.74) is 1.12. The van der Waals surface area contributed by atoms with Crippen molar-refractivity contribution in [2.45, 2.75) is 17.7 Å². The van der Waals surface area contributed by atoms with Crippen molar-refractivity contribution in [2.75, 3.05) is 18.0 Å². The molecule has 3 rings (SSSR count). The maximum Gasteiger partial charge on any atom is 0.266 e. The molecule has 2 aliphatic heterocycles. The van der Waals surface area contributed by atoms with Crippen LogP contribution in [0.2, 0.25) is 0 Å². The number of nitrogens with zero attached hydrogens (tertiary/aromatic N) is 1. The maximum absolute atomic E-state index is 11.7. The predicted molar refractivity (Wildman–Crippen MR) is 62.5 cm³/mol. The van der Waals surface area contributed by atoms with Crippen molar-refractivity contribution >= 4 is 21.6 Å². The molecule has 0 aliphatic carbocycles. The van der Waals surface area contributed by atoms with Crippen LogP contribution in [0.25, 0.3) is 0 Å². The number of carbonyl (C=O) groups is 1. The molecular weight excluding hydrogens is 240 g/mol. The Morgan fingerprint density at radius 2 is 1.88 bits per heavy atom. The molecule has 1 amide bonds. The van der Waals surface area contributed by atoms with Gasteiger partial charge in [-0.1, -0.05) is 0 Å². The summed E-state index contributed by atoms with van der Waals surface area (Å²) in [6.07, 6.45) is 2.25. The van der Waals surface area contributed by atoms with Crippen molar-refractivity contribution < 1.29 is 13.2 Å². The van der Waals surface area contributed by atoms with Gasteiger partial charge in [-0.05, 0) is 31.0 Å². The Kier molecular flexibility index (Phi) is 2.16. The van der Waals surface area contributed by atoms with E-state index >= 15 is 0 Å². The lowest BCUT2D eigenvalue weighted by Crippen LogP contribution is -2.20. The fraction of sp³-hybridized carbons (Fsp3) is 0.364. The predicted octanol–water partition coefficient (Wildman–Crippen LogP) is 0.719. The number of hydrogen-bond acceptors (Lipinski definition) is 4. The highest BCUT2D eigenvalue weighted by Crippen LogP contribution is 2.29. The summed E-state index contributed by atoms with van der Waals surface area (Å²) in [7, 11) is -3.63. The van der Waals surface area contributed by atoms with E-state index in [1.807, 2.05) is 10.8 Å². The zero-order chi connectivity index (χ0) is 12.0. The highest BCUT2D eigenvalue weighted by molar-refractivity contribution is 7.90. The molecule has 6 heteroatoms. The van der Waals surface area contributed by atoms with Gasteiger partial charge in [0.25, 0.3) is 15.9 Å². The number of nitrogens with one attached hydrogen (secondary N) is 1. The monoisotopic (exact) mass is 252 g/mol. The third kappa shape index (κ3) is 1.59. The largest absolute Gasteiger partial charge is 0.371 e. The molecule has 0 spiro atoms. The molecule has 0 unspecified atom stereocenters. The van der Waals surface area contributed by atoms with Crippen LogP contribution in [0.1, 0.15) is 23.2 Å². The van der Waals surface area contributed by atoms with Crippen molar-refractivity contribution in [1.82, 2.24) is 4.72 Å². The van der Waals surface area contributed by atoms with Crippen LogP contribution in [0.5, 0.6) is 0 Å². The van der Waals surface area contributed by atoms with Gasteiger partial charge in [0.15, 0.2) is 0 Å². The Hall–Kier alpha value is -1.56. The average molecular weight is 252 g/mol. The second-order valence-electron chi connectivity index (χ2n) is 4.31. The summed E-state index contributed by atoms with van der Waals surface area (Å²) < 4.78 is 25.4. The van der Waals surface area contributed by atoms with E-state index in [1.54, 1.807) is 12.1 Å². The molecule has 1 fully saturated rings. The summed E-state index contributed by atoms with van der Waals surface area (Å²) in [6.45, 7) is 1.89. The number of carbonyl (C=O) groups excluding carboxylic acids is 1. The molecule has 1 aromatic carbocycles. The van der Waals surface area contributed by atoms with Crippen LogP contribution >= 0.6 is 0 Å². The lowest BCUT2D eigenvalue weighted by Gasteiger charge is -2.17. The first-order valence-electron chi connectivity index (χ1n) is 5.54. The summed E-state index contributed by atoms with van der Waals surface area (Å²) in [4.78, 5) is 13.7. The average Bonchev–Trinajstić information content (AvgIpc) is 2.87. The van der Waals surface area contributed by atoms with E-state index in [9.17, 15) is 13.2 Å². The number of amides is 1. The van der Waals surface area contributed by atoms with Crippen molar-refractivity contribution in [3.8, 4) is 0 Å². The van der Waals surface area contributed by atoms with Crippen molar-refractivity contribution in [2.24, 2.45) is 0 Å². The Morgan fingerprint density at radius 1 is 1.18 bits per heavy atom. The third-order valence-electron chi connectivity index (χ3n) is 3.20. The van der Waals surface area contributed by atoms with Crippen molar-refractivity contribution in [1.29, 1.82) is 0 Å². The number of fused-ring (bicyclic) bond motifs is 1. The van der Waals surface area contributed by atoms with Crippen LogP contribution < -0.4 is 9.62 Å². The molecule has 0 bridgehead atoms. The molecule has 1 aromatic rings. The normalized spacial score (nSPS) is 21.4. The summed E-state index contributed by atoms with van der Waals surface area (Å²) >= 11 is 0. The maximum atomic E-state index is 11.7. The summed E-state index contributed by atoms with van der Waals surface area (Å²) in [6, 6.07) is 4.99. The SMILES string of the molecule is O=C1NS(=O)(=O)c2cc(N3CCCC3)ccc21. The van der Waals surface area contributed by atoms with Gasteiger partial charge in [0.05, 0.1) is 5.56 Å². The van der Waals surface area contributed by atoms with Gasteiger partial charge in [0, 0.05) is 18.8 Å². The fourth-order valence-electron chi connectivity index (χ4n) is 2.32. The number of rotatable bonds is 1. The molecule has 90 valence electrons. The Morgan fingerprint density at radius 3 is 2.59 bits per heavy atom. The topological polar surface area (TPSA) is 66.5 Å². The molecule has 0 aromatic heterocycles. The molecule has 2 aliphatic rings. The summed E-state index contributed by atoms with van der Waals surface area (Å²) in [5, 5.41) is 0. The van der Waals surface area contributed by atoms with E-state index in [2.05, 4.69) is 4.90 Å². The molecule has 2 heterocycles. The molecule has 0 atom stereocenters. The van der Waals surface area contributed by atoms with E-state index in [0.717, 1.165) is 31.6 Å². The first kappa shape index (κ1) is 10.6. The molecule has 0 radical (unpaired) electrons. The highest BCUT2D eigenvalue weighted by atomic mass is 32.2. The second kappa shape index (κ2) is 3.46. The van der Waals surface area contributed by atoms with Gasteiger partial charge >= 0.3 is 0 Å². The van der Waals surface area contributed by atoms with Gasteiger partial charge in [-0.15, -0.1) is 0 Å². The standard InChI is InChI=1S/C11H12N2O3S/c14-11-9-4-3-8(13-5-1-2-6-13)7-10(9)17(15,16)12-11/h3-4,7H,1-2,5-6H2,(H,12,14). The second-order valence-corrected chi connectivity index (χ2v) is 5.96. The van der Waals surface area contributed by atoms with Crippen LogP contribution in [0.4, 0.5) is 5.69 Å².